The third-order valence-electron chi connectivity index (χ3n) is 3.02. The number of halogens is 2. The van der Waals surface area contributed by atoms with Crippen LogP contribution in [0.15, 0.2) is 46.9 Å². The van der Waals surface area contributed by atoms with Gasteiger partial charge in [-0.2, -0.15) is 0 Å². The van der Waals surface area contributed by atoms with Crippen molar-refractivity contribution in [1.82, 2.24) is 0 Å². The molecule has 0 fully saturated rings. The molecule has 0 aliphatic heterocycles. The molecule has 0 aromatic heterocycles. The van der Waals surface area contributed by atoms with E-state index in [-0.39, 0.29) is 16.4 Å². The standard InChI is InChI=1S/C16H12BrClN2O4/c1-24-15-6-3-11(17)8-10(15)2-7-16(21)19-12-4-5-13(18)14(9-12)20(22)23/h2-9H,1H3,(H,19,21)/b7-2+. The van der Waals surface area contributed by atoms with Gasteiger partial charge in [0.1, 0.15) is 10.8 Å². The maximum atomic E-state index is 12.0. The predicted octanol–water partition coefficient (Wildman–Crippen LogP) is 4.67. The van der Waals surface area contributed by atoms with Crippen LogP contribution in [0.1, 0.15) is 5.56 Å². The van der Waals surface area contributed by atoms with Gasteiger partial charge >= 0.3 is 0 Å². The van der Waals surface area contributed by atoms with Gasteiger partial charge in [0.05, 0.1) is 12.0 Å². The number of nitro benzene ring substituents is 1. The molecule has 6 nitrogen and oxygen atoms in total. The number of carbonyl (C=O) groups excluding carboxylic acids is 1. The molecule has 2 aromatic carbocycles. The number of ether oxygens (including phenoxy) is 1. The van der Waals surface area contributed by atoms with Gasteiger partial charge in [-0.05, 0) is 36.4 Å². The molecule has 0 saturated heterocycles. The second kappa shape index (κ2) is 7.94. The minimum atomic E-state index is -0.611. The maximum absolute atomic E-state index is 12.0. The Morgan fingerprint density at radius 2 is 2.08 bits per heavy atom. The molecule has 0 heterocycles. The molecule has 2 rings (SSSR count). The van der Waals surface area contributed by atoms with Crippen LogP contribution in [-0.2, 0) is 4.79 Å². The monoisotopic (exact) mass is 410 g/mol. The van der Waals surface area contributed by atoms with Gasteiger partial charge in [-0.3, -0.25) is 14.9 Å². The highest BCUT2D eigenvalue weighted by Gasteiger charge is 2.13. The van der Waals surface area contributed by atoms with Gasteiger partial charge in [0, 0.05) is 27.9 Å². The highest BCUT2D eigenvalue weighted by atomic mass is 79.9. The molecule has 8 heteroatoms. The summed E-state index contributed by atoms with van der Waals surface area (Å²) >= 11 is 9.08. The van der Waals surface area contributed by atoms with Crippen LogP contribution in [0.2, 0.25) is 5.02 Å². The fraction of sp³-hybridized carbons (Fsp3) is 0.0625. The van der Waals surface area contributed by atoms with Crippen LogP contribution in [0.3, 0.4) is 0 Å². The number of hydrogen-bond donors (Lipinski definition) is 1. The van der Waals surface area contributed by atoms with Gasteiger partial charge in [-0.1, -0.05) is 27.5 Å². The molecule has 1 amide bonds. The minimum Gasteiger partial charge on any atom is -0.496 e. The van der Waals surface area contributed by atoms with Gasteiger partial charge in [0.25, 0.3) is 5.69 Å². The Labute approximate surface area is 151 Å². The number of methoxy groups -OCH3 is 1. The van der Waals surface area contributed by atoms with E-state index in [2.05, 4.69) is 21.2 Å². The van der Waals surface area contributed by atoms with Crippen LogP contribution in [0.25, 0.3) is 6.08 Å². The van der Waals surface area contributed by atoms with Crippen molar-refractivity contribution in [3.8, 4) is 5.75 Å². The molecule has 0 aliphatic rings. The largest absolute Gasteiger partial charge is 0.496 e. The summed E-state index contributed by atoms with van der Waals surface area (Å²) in [6.45, 7) is 0. The second-order valence-electron chi connectivity index (χ2n) is 4.63. The van der Waals surface area contributed by atoms with E-state index in [0.717, 1.165) is 4.47 Å². The smallest absolute Gasteiger partial charge is 0.289 e. The van der Waals surface area contributed by atoms with Crippen LogP contribution in [-0.4, -0.2) is 17.9 Å². The number of benzene rings is 2. The van der Waals surface area contributed by atoms with Gasteiger partial charge in [-0.15, -0.1) is 0 Å². The summed E-state index contributed by atoms with van der Waals surface area (Å²) < 4.78 is 6.06. The van der Waals surface area contributed by atoms with E-state index in [0.29, 0.717) is 11.3 Å². The SMILES string of the molecule is COc1ccc(Br)cc1/C=C/C(=O)Nc1ccc(Cl)c([N+](=O)[O-])c1. The quantitative estimate of drug-likeness (QED) is 0.440. The maximum Gasteiger partial charge on any atom is 0.289 e. The molecule has 0 unspecified atom stereocenters. The predicted molar refractivity (Wildman–Crippen MR) is 96.5 cm³/mol. The van der Waals surface area contributed by atoms with Crippen molar-refractivity contribution in [1.29, 1.82) is 0 Å². The lowest BCUT2D eigenvalue weighted by Gasteiger charge is -2.05. The third-order valence-corrected chi connectivity index (χ3v) is 3.83. The Kier molecular flexibility index (Phi) is 5.94. The Morgan fingerprint density at radius 1 is 1.33 bits per heavy atom. The summed E-state index contributed by atoms with van der Waals surface area (Å²) in [5, 5.41) is 13.4. The molecule has 0 aliphatic carbocycles. The van der Waals surface area contributed by atoms with E-state index < -0.39 is 10.8 Å². The van der Waals surface area contributed by atoms with Crippen molar-refractivity contribution >= 4 is 50.9 Å². The fourth-order valence-electron chi connectivity index (χ4n) is 1.92. The summed E-state index contributed by atoms with van der Waals surface area (Å²) in [5.41, 5.74) is 0.721. The van der Waals surface area contributed by atoms with E-state index in [1.807, 2.05) is 6.07 Å². The van der Waals surface area contributed by atoms with Crippen molar-refractivity contribution in [3.63, 3.8) is 0 Å². The van der Waals surface area contributed by atoms with Gasteiger partial charge in [0.2, 0.25) is 5.91 Å². The molecule has 0 atom stereocenters. The highest BCUT2D eigenvalue weighted by Crippen LogP contribution is 2.27. The normalized spacial score (nSPS) is 10.6. The Hall–Kier alpha value is -2.38. The summed E-state index contributed by atoms with van der Waals surface area (Å²) in [6, 6.07) is 9.44. The van der Waals surface area contributed by atoms with E-state index in [9.17, 15) is 14.9 Å². The molecule has 0 radical (unpaired) electrons. The van der Waals surface area contributed by atoms with E-state index >= 15 is 0 Å². The summed E-state index contributed by atoms with van der Waals surface area (Å²) in [4.78, 5) is 22.2. The average Bonchev–Trinajstić information content (AvgIpc) is 2.54. The summed E-state index contributed by atoms with van der Waals surface area (Å²) in [7, 11) is 1.54. The topological polar surface area (TPSA) is 81.5 Å². The molecule has 0 spiro atoms. The molecule has 124 valence electrons. The van der Waals surface area contributed by atoms with Crippen LogP contribution in [0, 0.1) is 10.1 Å². The molecule has 1 N–H and O–H groups in total. The summed E-state index contributed by atoms with van der Waals surface area (Å²) in [5.74, 6) is 0.179. The first-order chi connectivity index (χ1) is 11.4. The molecule has 0 bridgehead atoms. The number of rotatable bonds is 5. The number of nitro groups is 1. The van der Waals surface area contributed by atoms with Crippen LogP contribution in [0.5, 0.6) is 5.75 Å². The molecule has 2 aromatic rings. The minimum absolute atomic E-state index is 0.00686. The van der Waals surface area contributed by atoms with Gasteiger partial charge < -0.3 is 10.1 Å². The van der Waals surface area contributed by atoms with Crippen molar-refractivity contribution in [2.24, 2.45) is 0 Å². The number of anilines is 1. The van der Waals surface area contributed by atoms with Crippen LogP contribution in [0.4, 0.5) is 11.4 Å². The Bertz CT molecular complexity index is 824. The first-order valence-electron chi connectivity index (χ1n) is 6.67. The van der Waals surface area contributed by atoms with Crippen molar-refractivity contribution < 1.29 is 14.5 Å². The van der Waals surface area contributed by atoms with E-state index in [1.165, 1.54) is 31.4 Å². The summed E-state index contributed by atoms with van der Waals surface area (Å²) in [6.07, 6.45) is 2.90. The number of hydrogen-bond acceptors (Lipinski definition) is 4. The van der Waals surface area contributed by atoms with Crippen molar-refractivity contribution in [2.45, 2.75) is 0 Å². The Balaban J connectivity index is 2.15. The van der Waals surface area contributed by atoms with Crippen LogP contribution < -0.4 is 10.1 Å². The van der Waals surface area contributed by atoms with E-state index in [4.69, 9.17) is 16.3 Å². The van der Waals surface area contributed by atoms with Crippen molar-refractivity contribution in [2.75, 3.05) is 12.4 Å². The molecule has 0 saturated carbocycles. The van der Waals surface area contributed by atoms with Gasteiger partial charge in [-0.25, -0.2) is 0 Å². The number of carbonyl (C=O) groups is 1. The first kappa shape index (κ1) is 18.0. The molecular weight excluding hydrogens is 400 g/mol. The first-order valence-corrected chi connectivity index (χ1v) is 7.84. The molecular formula is C16H12BrClN2O4. The number of amides is 1. The zero-order valence-electron chi connectivity index (χ0n) is 12.5. The van der Waals surface area contributed by atoms with Gasteiger partial charge in [0.15, 0.2) is 0 Å². The molecule has 24 heavy (non-hydrogen) atoms. The van der Waals surface area contributed by atoms with Crippen molar-refractivity contribution in [3.05, 3.63) is 67.6 Å². The third kappa shape index (κ3) is 4.56. The number of nitrogens with one attached hydrogen (secondary N) is 1. The lowest BCUT2D eigenvalue weighted by Crippen LogP contribution is -2.08. The zero-order valence-corrected chi connectivity index (χ0v) is 14.8. The highest BCUT2D eigenvalue weighted by molar-refractivity contribution is 9.10. The lowest BCUT2D eigenvalue weighted by atomic mass is 10.2. The second-order valence-corrected chi connectivity index (χ2v) is 5.96. The Morgan fingerprint density at radius 3 is 2.75 bits per heavy atom. The van der Waals surface area contributed by atoms with E-state index in [1.54, 1.807) is 18.2 Å². The zero-order chi connectivity index (χ0) is 17.7. The lowest BCUT2D eigenvalue weighted by molar-refractivity contribution is -0.384. The number of nitrogens with zero attached hydrogens (tertiary/aromatic N) is 1. The average molecular weight is 412 g/mol. The fourth-order valence-corrected chi connectivity index (χ4v) is 2.48. The van der Waals surface area contributed by atoms with Crippen LogP contribution >= 0.6 is 27.5 Å².